The van der Waals surface area contributed by atoms with Crippen molar-refractivity contribution >= 4 is 29.4 Å². The van der Waals surface area contributed by atoms with Crippen molar-refractivity contribution in [2.24, 2.45) is 5.92 Å². The number of benzene rings is 2. The highest BCUT2D eigenvalue weighted by Crippen LogP contribution is 2.36. The first-order valence-corrected chi connectivity index (χ1v) is 11.0. The lowest BCUT2D eigenvalue weighted by Gasteiger charge is -2.30. The Hall–Kier alpha value is -4.46. The molecule has 2 aromatic rings. The van der Waals surface area contributed by atoms with Gasteiger partial charge >= 0.3 is 11.9 Å². The Labute approximate surface area is 203 Å². The fourth-order valence-corrected chi connectivity index (χ4v) is 3.72. The van der Waals surface area contributed by atoms with Gasteiger partial charge in [0.1, 0.15) is 6.61 Å². The van der Waals surface area contributed by atoms with E-state index in [1.807, 2.05) is 30.3 Å². The molecule has 3 rings (SSSR count). The number of nitro benzene ring substituents is 1. The van der Waals surface area contributed by atoms with Gasteiger partial charge in [0.2, 0.25) is 0 Å². The van der Waals surface area contributed by atoms with Gasteiger partial charge in [0.25, 0.3) is 5.69 Å². The monoisotopic (exact) mass is 474 g/mol. The number of non-ortho nitro benzene ring substituents is 1. The Kier molecular flexibility index (Phi) is 8.34. The molecular formula is C27H26N2O6. The van der Waals surface area contributed by atoms with Crippen LogP contribution in [0.1, 0.15) is 25.0 Å². The van der Waals surface area contributed by atoms with Crippen LogP contribution in [0.15, 0.2) is 90.2 Å². The summed E-state index contributed by atoms with van der Waals surface area (Å²) >= 11 is 0. The molecule has 0 fully saturated rings. The average Bonchev–Trinajstić information content (AvgIpc) is 2.86. The van der Waals surface area contributed by atoms with Crippen LogP contribution in [0, 0.1) is 16.0 Å². The molecule has 0 aromatic heterocycles. The van der Waals surface area contributed by atoms with Crippen LogP contribution in [0.25, 0.3) is 11.8 Å². The van der Waals surface area contributed by atoms with Gasteiger partial charge in [-0.3, -0.25) is 10.1 Å². The van der Waals surface area contributed by atoms with Crippen molar-refractivity contribution in [3.05, 3.63) is 111 Å². The van der Waals surface area contributed by atoms with Crippen LogP contribution in [0.4, 0.5) is 5.69 Å². The molecule has 0 amide bonds. The molecule has 1 aliphatic heterocycles. The van der Waals surface area contributed by atoms with Crippen molar-refractivity contribution in [1.29, 1.82) is 0 Å². The quantitative estimate of drug-likeness (QED) is 0.241. The zero-order valence-corrected chi connectivity index (χ0v) is 19.5. The molecule has 0 unspecified atom stereocenters. The molecule has 8 heteroatoms. The summed E-state index contributed by atoms with van der Waals surface area (Å²) < 4.78 is 10.7. The van der Waals surface area contributed by atoms with E-state index < -0.39 is 22.8 Å². The normalized spacial score (nSPS) is 15.5. The third kappa shape index (κ3) is 5.92. The van der Waals surface area contributed by atoms with Crippen LogP contribution in [0.3, 0.4) is 0 Å². The van der Waals surface area contributed by atoms with Gasteiger partial charge in [0.05, 0.1) is 28.4 Å². The summed E-state index contributed by atoms with van der Waals surface area (Å²) in [6.07, 6.45) is 4.87. The number of carbonyl (C=O) groups is 2. The molecule has 0 radical (unpaired) electrons. The van der Waals surface area contributed by atoms with Crippen LogP contribution in [-0.4, -0.2) is 30.1 Å². The lowest BCUT2D eigenvalue weighted by molar-refractivity contribution is -0.384. The van der Waals surface area contributed by atoms with Crippen LogP contribution in [0.2, 0.25) is 0 Å². The summed E-state index contributed by atoms with van der Waals surface area (Å²) in [5, 5.41) is 14.2. The first-order chi connectivity index (χ1) is 16.9. The van der Waals surface area contributed by atoms with Crippen LogP contribution in [-0.2, 0) is 19.1 Å². The van der Waals surface area contributed by atoms with E-state index in [-0.39, 0.29) is 30.0 Å². The molecule has 0 bridgehead atoms. The van der Waals surface area contributed by atoms with Crippen molar-refractivity contribution in [3.63, 3.8) is 0 Å². The minimum absolute atomic E-state index is 0.0123. The summed E-state index contributed by atoms with van der Waals surface area (Å²) in [5.41, 5.74) is 2.95. The first-order valence-electron chi connectivity index (χ1n) is 11.0. The number of allylic oxidation sites excluding steroid dienone is 2. The molecule has 180 valence electrons. The molecule has 8 nitrogen and oxygen atoms in total. The number of esters is 2. The van der Waals surface area contributed by atoms with Gasteiger partial charge in [-0.15, -0.1) is 0 Å². The lowest BCUT2D eigenvalue weighted by atomic mass is 9.83. The number of hydrogen-bond donors (Lipinski definition) is 1. The maximum atomic E-state index is 13.2. The van der Waals surface area contributed by atoms with Gasteiger partial charge in [-0.05, 0) is 37.1 Å². The van der Waals surface area contributed by atoms with Gasteiger partial charge in [0, 0.05) is 23.7 Å². The number of nitrogens with one attached hydrogen (secondary N) is 1. The minimum atomic E-state index is -0.794. The second-order valence-corrected chi connectivity index (χ2v) is 7.61. The van der Waals surface area contributed by atoms with Gasteiger partial charge in [-0.25, -0.2) is 9.59 Å². The van der Waals surface area contributed by atoms with E-state index >= 15 is 0 Å². The third-order valence-electron chi connectivity index (χ3n) is 5.30. The molecule has 1 N–H and O–H groups in total. The molecule has 0 saturated heterocycles. The second-order valence-electron chi connectivity index (χ2n) is 7.61. The summed E-state index contributed by atoms with van der Waals surface area (Å²) in [5.74, 6) is -1.96. The zero-order chi connectivity index (χ0) is 25.4. The van der Waals surface area contributed by atoms with Gasteiger partial charge in [-0.1, -0.05) is 55.1 Å². The van der Waals surface area contributed by atoms with Crippen molar-refractivity contribution in [2.45, 2.75) is 13.8 Å². The highest BCUT2D eigenvalue weighted by atomic mass is 16.6. The smallest absolute Gasteiger partial charge is 0.337 e. The van der Waals surface area contributed by atoms with Crippen molar-refractivity contribution in [2.75, 3.05) is 13.2 Å². The largest absolute Gasteiger partial charge is 0.463 e. The van der Waals surface area contributed by atoms with Crippen molar-refractivity contribution < 1.29 is 24.0 Å². The molecule has 0 saturated carbocycles. The fraction of sp³-hybridized carbons (Fsp3) is 0.185. The molecular weight excluding hydrogens is 448 g/mol. The van der Waals surface area contributed by atoms with Crippen LogP contribution < -0.4 is 5.32 Å². The maximum Gasteiger partial charge on any atom is 0.337 e. The van der Waals surface area contributed by atoms with E-state index in [0.717, 1.165) is 5.56 Å². The molecule has 0 spiro atoms. The topological polar surface area (TPSA) is 108 Å². The number of hydrogen-bond acceptors (Lipinski definition) is 7. The van der Waals surface area contributed by atoms with Gasteiger partial charge in [0.15, 0.2) is 0 Å². The summed E-state index contributed by atoms with van der Waals surface area (Å²) in [6.45, 7) is 7.19. The van der Waals surface area contributed by atoms with Gasteiger partial charge < -0.3 is 14.8 Å². The van der Waals surface area contributed by atoms with E-state index in [0.29, 0.717) is 17.0 Å². The Balaban J connectivity index is 2.15. The molecule has 2 aromatic carbocycles. The fourth-order valence-electron chi connectivity index (χ4n) is 3.72. The predicted molar refractivity (Wildman–Crippen MR) is 133 cm³/mol. The highest BCUT2D eigenvalue weighted by Gasteiger charge is 2.37. The molecule has 1 heterocycles. The van der Waals surface area contributed by atoms with Crippen molar-refractivity contribution in [1.82, 2.24) is 5.32 Å². The molecule has 1 atom stereocenters. The van der Waals surface area contributed by atoms with E-state index in [1.54, 1.807) is 38.1 Å². The average molecular weight is 475 g/mol. The Morgan fingerprint density at radius 1 is 1.06 bits per heavy atom. The van der Waals surface area contributed by atoms with Gasteiger partial charge in [-0.2, -0.15) is 0 Å². The van der Waals surface area contributed by atoms with Crippen LogP contribution in [0.5, 0.6) is 0 Å². The SMILES string of the molecule is C=CCOC(=O)C1=C(C)NC(c2ccccc2)=C(C(=O)OCC)[C@H]1/C=C/c1ccc([N+](=O)[O-])cc1. The Bertz CT molecular complexity index is 1210. The summed E-state index contributed by atoms with van der Waals surface area (Å²) in [7, 11) is 0. The number of rotatable bonds is 9. The number of dihydropyridines is 1. The van der Waals surface area contributed by atoms with Crippen LogP contribution >= 0.6 is 0 Å². The number of nitrogens with zero attached hydrogens (tertiary/aromatic N) is 1. The number of carbonyl (C=O) groups excluding carboxylic acids is 2. The maximum absolute atomic E-state index is 13.2. The minimum Gasteiger partial charge on any atom is -0.463 e. The second kappa shape index (κ2) is 11.6. The van der Waals surface area contributed by atoms with E-state index in [4.69, 9.17) is 9.47 Å². The standard InChI is InChI=1S/C27H26N2O6/c1-4-17-35-26(30)23-18(3)28-25(20-9-7-6-8-10-20)24(27(31)34-5-2)22(23)16-13-19-11-14-21(15-12-19)29(32)33/h4,6-16,22,28H,1,5,17H2,2-3H3/b16-13+/t22-/m0/s1. The number of nitro groups is 1. The van der Waals surface area contributed by atoms with E-state index in [1.165, 1.54) is 18.2 Å². The number of ether oxygens (including phenoxy) is 2. The molecule has 0 aliphatic carbocycles. The summed E-state index contributed by atoms with van der Waals surface area (Å²) in [6, 6.07) is 15.2. The van der Waals surface area contributed by atoms with E-state index in [2.05, 4.69) is 11.9 Å². The molecule has 1 aliphatic rings. The first kappa shape index (κ1) is 25.2. The molecule has 35 heavy (non-hydrogen) atoms. The van der Waals surface area contributed by atoms with E-state index in [9.17, 15) is 19.7 Å². The summed E-state index contributed by atoms with van der Waals surface area (Å²) in [4.78, 5) is 36.7. The van der Waals surface area contributed by atoms with Crippen molar-refractivity contribution in [3.8, 4) is 0 Å². The predicted octanol–water partition coefficient (Wildman–Crippen LogP) is 4.81. The Morgan fingerprint density at radius 3 is 2.31 bits per heavy atom. The third-order valence-corrected chi connectivity index (χ3v) is 5.30. The highest BCUT2D eigenvalue weighted by molar-refractivity contribution is 6.04. The lowest BCUT2D eigenvalue weighted by Crippen LogP contribution is -2.33. The Morgan fingerprint density at radius 2 is 1.71 bits per heavy atom. The zero-order valence-electron chi connectivity index (χ0n) is 19.5.